The number of hydrogen-bond acceptors (Lipinski definition) is 3. The molecular formula is C26H50NO3+. The second kappa shape index (κ2) is 11.3. The Balaban J connectivity index is 1.55. The Morgan fingerprint density at radius 1 is 0.967 bits per heavy atom. The third-order valence-corrected chi connectivity index (χ3v) is 8.55. The Morgan fingerprint density at radius 2 is 1.60 bits per heavy atom. The SMILES string of the molecule is CCCCCCCCCCOC(=O)C[N+](C)(C)CCO[C@@H]1C[C@H]2CC[C@@]1(C)C2(C)C. The average molecular weight is 425 g/mol. The molecule has 2 saturated carbocycles. The smallest absolute Gasteiger partial charge is 0.361 e. The molecule has 0 aromatic carbocycles. The van der Waals surface area contributed by atoms with Gasteiger partial charge in [0.15, 0.2) is 6.54 Å². The van der Waals surface area contributed by atoms with Crippen molar-refractivity contribution in [2.75, 3.05) is 40.4 Å². The lowest BCUT2D eigenvalue weighted by Crippen LogP contribution is -2.47. The van der Waals surface area contributed by atoms with E-state index in [0.717, 1.165) is 25.5 Å². The normalized spacial score (nSPS) is 27.5. The molecule has 0 N–H and O–H groups in total. The van der Waals surface area contributed by atoms with E-state index in [9.17, 15) is 4.79 Å². The van der Waals surface area contributed by atoms with E-state index in [0.29, 0.717) is 34.6 Å². The summed E-state index contributed by atoms with van der Waals surface area (Å²) in [4.78, 5) is 12.2. The van der Waals surface area contributed by atoms with Crippen LogP contribution >= 0.6 is 0 Å². The fourth-order valence-electron chi connectivity index (χ4n) is 5.72. The molecule has 2 fully saturated rings. The van der Waals surface area contributed by atoms with E-state index in [-0.39, 0.29) is 5.97 Å². The van der Waals surface area contributed by atoms with Crippen molar-refractivity contribution in [3.05, 3.63) is 0 Å². The molecule has 4 nitrogen and oxygen atoms in total. The molecule has 0 aromatic rings. The summed E-state index contributed by atoms with van der Waals surface area (Å²) < 4.78 is 12.5. The first kappa shape index (κ1) is 25.6. The highest BCUT2D eigenvalue weighted by Crippen LogP contribution is 2.66. The molecule has 0 amide bonds. The largest absolute Gasteiger partial charge is 0.462 e. The summed E-state index contributed by atoms with van der Waals surface area (Å²) in [6, 6.07) is 0. The molecule has 3 atom stereocenters. The van der Waals surface area contributed by atoms with Crippen molar-refractivity contribution in [1.29, 1.82) is 0 Å². The first-order valence-corrected chi connectivity index (χ1v) is 12.7. The average Bonchev–Trinajstić information content (AvgIpc) is 2.99. The summed E-state index contributed by atoms with van der Waals surface area (Å²) in [7, 11) is 4.21. The molecular weight excluding hydrogens is 374 g/mol. The highest BCUT2D eigenvalue weighted by molar-refractivity contribution is 5.70. The van der Waals surface area contributed by atoms with Gasteiger partial charge >= 0.3 is 5.97 Å². The number of unbranched alkanes of at least 4 members (excludes halogenated alkanes) is 7. The molecule has 0 spiro atoms. The number of likely N-dealkylation sites (N-methyl/N-ethyl adjacent to an activating group) is 1. The zero-order valence-electron chi connectivity index (χ0n) is 20.9. The number of fused-ring (bicyclic) bond motifs is 2. The van der Waals surface area contributed by atoms with E-state index >= 15 is 0 Å². The molecule has 0 unspecified atom stereocenters. The number of ether oxygens (including phenoxy) is 2. The van der Waals surface area contributed by atoms with Crippen LogP contribution in [0.1, 0.15) is 98.3 Å². The van der Waals surface area contributed by atoms with Gasteiger partial charge in [-0.05, 0) is 42.4 Å². The maximum Gasteiger partial charge on any atom is 0.361 e. The van der Waals surface area contributed by atoms with Crippen molar-refractivity contribution in [2.24, 2.45) is 16.7 Å². The second-order valence-electron chi connectivity index (χ2n) is 11.5. The van der Waals surface area contributed by atoms with Crippen LogP contribution in [0, 0.1) is 16.7 Å². The van der Waals surface area contributed by atoms with Crippen molar-refractivity contribution in [1.82, 2.24) is 0 Å². The zero-order valence-corrected chi connectivity index (χ0v) is 20.9. The summed E-state index contributed by atoms with van der Waals surface area (Å²) in [5, 5.41) is 0. The molecule has 2 aliphatic carbocycles. The van der Waals surface area contributed by atoms with E-state index < -0.39 is 0 Å². The van der Waals surface area contributed by atoms with Crippen molar-refractivity contribution >= 4 is 5.97 Å². The van der Waals surface area contributed by atoms with Crippen LogP contribution in [0.15, 0.2) is 0 Å². The lowest BCUT2D eigenvalue weighted by Gasteiger charge is -2.39. The quantitative estimate of drug-likeness (QED) is 0.184. The first-order valence-electron chi connectivity index (χ1n) is 12.7. The van der Waals surface area contributed by atoms with Crippen LogP contribution in [0.3, 0.4) is 0 Å². The maximum atomic E-state index is 12.2. The predicted molar refractivity (Wildman–Crippen MR) is 124 cm³/mol. The highest BCUT2D eigenvalue weighted by Gasteiger charge is 2.61. The molecule has 2 aliphatic rings. The molecule has 0 aliphatic heterocycles. The van der Waals surface area contributed by atoms with Gasteiger partial charge in [0.2, 0.25) is 0 Å². The summed E-state index contributed by atoms with van der Waals surface area (Å²) in [6.07, 6.45) is 14.3. The minimum absolute atomic E-state index is 0.0732. The number of rotatable bonds is 15. The minimum Gasteiger partial charge on any atom is -0.462 e. The van der Waals surface area contributed by atoms with Crippen LogP contribution < -0.4 is 0 Å². The van der Waals surface area contributed by atoms with Gasteiger partial charge in [-0.1, -0.05) is 72.6 Å². The standard InChI is InChI=1S/C26H50NO3/c1-7-8-9-10-11-12-13-14-18-30-24(28)21-27(5,6)17-19-29-23-20-22-15-16-26(23,4)25(22,2)3/h22-23H,7-21H2,1-6H3/q+1/t22-,23-,26-/m1/s1. The van der Waals surface area contributed by atoms with E-state index in [1.165, 1.54) is 64.2 Å². The lowest BCUT2D eigenvalue weighted by molar-refractivity contribution is -0.883. The van der Waals surface area contributed by atoms with E-state index in [1.807, 2.05) is 0 Å². The fourth-order valence-corrected chi connectivity index (χ4v) is 5.72. The Bertz CT molecular complexity index is 530. The van der Waals surface area contributed by atoms with Crippen LogP contribution in [0.4, 0.5) is 0 Å². The Hall–Kier alpha value is -0.610. The molecule has 0 radical (unpaired) electrons. The summed E-state index contributed by atoms with van der Waals surface area (Å²) in [5.74, 6) is 0.734. The van der Waals surface area contributed by atoms with Crippen LogP contribution in [0.2, 0.25) is 0 Å². The number of nitrogens with zero attached hydrogens (tertiary/aromatic N) is 1. The summed E-state index contributed by atoms with van der Waals surface area (Å²) in [5.41, 5.74) is 0.699. The van der Waals surface area contributed by atoms with E-state index in [2.05, 4.69) is 41.8 Å². The molecule has 4 heteroatoms. The second-order valence-corrected chi connectivity index (χ2v) is 11.5. The van der Waals surface area contributed by atoms with Gasteiger partial charge in [0.25, 0.3) is 0 Å². The van der Waals surface area contributed by atoms with Gasteiger partial charge in [0.05, 0.1) is 33.4 Å². The highest BCUT2D eigenvalue weighted by atomic mass is 16.5. The minimum atomic E-state index is -0.0732. The van der Waals surface area contributed by atoms with Crippen LogP contribution in [0.25, 0.3) is 0 Å². The Morgan fingerprint density at radius 3 is 2.17 bits per heavy atom. The zero-order chi connectivity index (χ0) is 22.3. The molecule has 30 heavy (non-hydrogen) atoms. The third-order valence-electron chi connectivity index (χ3n) is 8.55. The number of carbonyl (C=O) groups excluding carboxylic acids is 1. The van der Waals surface area contributed by atoms with Gasteiger partial charge in [-0.15, -0.1) is 0 Å². The van der Waals surface area contributed by atoms with Crippen LogP contribution in [-0.2, 0) is 14.3 Å². The van der Waals surface area contributed by atoms with Crippen molar-refractivity contribution in [3.8, 4) is 0 Å². The maximum absolute atomic E-state index is 12.2. The van der Waals surface area contributed by atoms with Gasteiger partial charge in [0.1, 0.15) is 6.54 Å². The van der Waals surface area contributed by atoms with Crippen molar-refractivity contribution < 1.29 is 18.8 Å². The monoisotopic (exact) mass is 424 g/mol. The van der Waals surface area contributed by atoms with Gasteiger partial charge in [-0.3, -0.25) is 0 Å². The Labute approximate surface area is 186 Å². The van der Waals surface area contributed by atoms with Crippen LogP contribution in [0.5, 0.6) is 0 Å². The van der Waals surface area contributed by atoms with Crippen molar-refractivity contribution in [3.63, 3.8) is 0 Å². The molecule has 0 heterocycles. The fraction of sp³-hybridized carbons (Fsp3) is 0.962. The molecule has 0 aromatic heterocycles. The van der Waals surface area contributed by atoms with Gasteiger partial charge in [0, 0.05) is 0 Å². The molecule has 2 bridgehead atoms. The van der Waals surface area contributed by atoms with Gasteiger partial charge in [-0.2, -0.15) is 0 Å². The lowest BCUT2D eigenvalue weighted by atomic mass is 9.70. The van der Waals surface area contributed by atoms with E-state index in [4.69, 9.17) is 9.47 Å². The van der Waals surface area contributed by atoms with Gasteiger partial charge < -0.3 is 14.0 Å². The first-order chi connectivity index (χ1) is 14.1. The number of esters is 1. The number of quaternary nitrogens is 1. The Kier molecular flexibility index (Phi) is 9.67. The van der Waals surface area contributed by atoms with Crippen molar-refractivity contribution in [2.45, 2.75) is 104 Å². The molecule has 176 valence electrons. The number of carbonyl (C=O) groups is 1. The van der Waals surface area contributed by atoms with Crippen LogP contribution in [-0.4, -0.2) is 57.0 Å². The third kappa shape index (κ3) is 6.69. The number of hydrogen-bond donors (Lipinski definition) is 0. The molecule has 2 rings (SSSR count). The van der Waals surface area contributed by atoms with E-state index in [1.54, 1.807) is 0 Å². The van der Waals surface area contributed by atoms with Gasteiger partial charge in [-0.25, -0.2) is 4.79 Å². The predicted octanol–water partition coefficient (Wildman–Crippen LogP) is 5.98. The summed E-state index contributed by atoms with van der Waals surface area (Å²) in [6.45, 7) is 12.1. The topological polar surface area (TPSA) is 35.5 Å². The molecule has 0 saturated heterocycles. The summed E-state index contributed by atoms with van der Waals surface area (Å²) >= 11 is 0.